The minimum atomic E-state index is -0.696. The summed E-state index contributed by atoms with van der Waals surface area (Å²) >= 11 is 0. The SMILES string of the molecule is CCCCCCCc1ccc(Cn2c(C)ccc2-c2ccc(O[C@H](Cc3ccccc3)C(=O)OCC)cc2)cc1. The third-order valence-corrected chi connectivity index (χ3v) is 7.37. The van der Waals surface area contributed by atoms with E-state index in [0.717, 1.165) is 29.8 Å². The van der Waals surface area contributed by atoms with E-state index >= 15 is 0 Å². The summed E-state index contributed by atoms with van der Waals surface area (Å²) in [6.45, 7) is 7.37. The van der Waals surface area contributed by atoms with Crippen molar-refractivity contribution >= 4 is 5.97 Å². The zero-order valence-electron chi connectivity index (χ0n) is 24.3. The van der Waals surface area contributed by atoms with Gasteiger partial charge in [-0.15, -0.1) is 0 Å². The first-order valence-electron chi connectivity index (χ1n) is 14.8. The molecule has 4 aromatic rings. The molecule has 0 aliphatic carbocycles. The van der Waals surface area contributed by atoms with E-state index < -0.39 is 6.10 Å². The molecule has 0 saturated carbocycles. The molecule has 0 fully saturated rings. The number of hydrogen-bond donors (Lipinski definition) is 0. The maximum atomic E-state index is 12.6. The fourth-order valence-corrected chi connectivity index (χ4v) is 5.06. The van der Waals surface area contributed by atoms with Crippen LogP contribution in [0.15, 0.2) is 91.0 Å². The first kappa shape index (κ1) is 29.2. The Morgan fingerprint density at radius 3 is 2.15 bits per heavy atom. The van der Waals surface area contributed by atoms with E-state index in [0.29, 0.717) is 18.8 Å². The molecule has 0 radical (unpaired) electrons. The number of carbonyl (C=O) groups excluding carboxylic acids is 1. The van der Waals surface area contributed by atoms with E-state index in [9.17, 15) is 4.79 Å². The molecule has 0 amide bonds. The second-order valence-electron chi connectivity index (χ2n) is 10.5. The van der Waals surface area contributed by atoms with Crippen molar-refractivity contribution in [3.05, 3.63) is 113 Å². The third kappa shape index (κ3) is 8.35. The largest absolute Gasteiger partial charge is 0.478 e. The summed E-state index contributed by atoms with van der Waals surface area (Å²) in [4.78, 5) is 12.6. The molecule has 210 valence electrons. The molecular formula is C36H43NO3. The van der Waals surface area contributed by atoms with Gasteiger partial charge in [-0.05, 0) is 85.3 Å². The van der Waals surface area contributed by atoms with E-state index in [4.69, 9.17) is 9.47 Å². The number of unbranched alkanes of at least 4 members (excludes halogenated alkanes) is 4. The van der Waals surface area contributed by atoms with Crippen LogP contribution in [0.2, 0.25) is 0 Å². The van der Waals surface area contributed by atoms with Gasteiger partial charge in [0.1, 0.15) is 5.75 Å². The Morgan fingerprint density at radius 2 is 1.45 bits per heavy atom. The number of nitrogens with zero attached hydrogens (tertiary/aromatic N) is 1. The molecule has 4 rings (SSSR count). The highest BCUT2D eigenvalue weighted by atomic mass is 16.6. The lowest BCUT2D eigenvalue weighted by molar-refractivity contribution is -0.151. The molecule has 1 aromatic heterocycles. The number of aryl methyl sites for hydroxylation is 2. The Bertz CT molecular complexity index is 1310. The van der Waals surface area contributed by atoms with E-state index in [1.165, 1.54) is 48.9 Å². The lowest BCUT2D eigenvalue weighted by atomic mass is 10.0. The molecule has 0 spiro atoms. The number of benzene rings is 3. The Kier molecular flexibility index (Phi) is 11.0. The summed E-state index contributed by atoms with van der Waals surface area (Å²) < 4.78 is 13.8. The zero-order chi connectivity index (χ0) is 28.2. The molecule has 0 unspecified atom stereocenters. The molecule has 0 N–H and O–H groups in total. The zero-order valence-corrected chi connectivity index (χ0v) is 24.3. The van der Waals surface area contributed by atoms with Gasteiger partial charge in [-0.25, -0.2) is 4.79 Å². The molecule has 0 saturated heterocycles. The van der Waals surface area contributed by atoms with Crippen molar-refractivity contribution in [2.45, 2.75) is 78.4 Å². The van der Waals surface area contributed by atoms with Crippen molar-refractivity contribution in [3.63, 3.8) is 0 Å². The maximum absolute atomic E-state index is 12.6. The van der Waals surface area contributed by atoms with Gasteiger partial charge in [-0.2, -0.15) is 0 Å². The molecule has 40 heavy (non-hydrogen) atoms. The minimum absolute atomic E-state index is 0.324. The summed E-state index contributed by atoms with van der Waals surface area (Å²) in [6, 6.07) is 31.3. The lowest BCUT2D eigenvalue weighted by Crippen LogP contribution is -2.31. The molecule has 4 heteroatoms. The van der Waals surface area contributed by atoms with Crippen LogP contribution in [0.1, 0.15) is 68.3 Å². The van der Waals surface area contributed by atoms with Crippen LogP contribution in [-0.4, -0.2) is 23.2 Å². The fraction of sp³-hybridized carbons (Fsp3) is 0.361. The number of carbonyl (C=O) groups is 1. The van der Waals surface area contributed by atoms with Gasteiger partial charge in [0.2, 0.25) is 0 Å². The second kappa shape index (κ2) is 15.1. The number of aromatic nitrogens is 1. The molecule has 4 nitrogen and oxygen atoms in total. The summed E-state index contributed by atoms with van der Waals surface area (Å²) in [5.74, 6) is 0.306. The topological polar surface area (TPSA) is 40.5 Å². The van der Waals surface area contributed by atoms with Gasteiger partial charge in [-0.3, -0.25) is 0 Å². The van der Waals surface area contributed by atoms with Crippen molar-refractivity contribution in [2.75, 3.05) is 6.61 Å². The van der Waals surface area contributed by atoms with Crippen molar-refractivity contribution in [2.24, 2.45) is 0 Å². The molecule has 0 aliphatic heterocycles. The molecule has 1 heterocycles. The number of esters is 1. The first-order chi connectivity index (χ1) is 19.6. The van der Waals surface area contributed by atoms with Crippen LogP contribution in [0.5, 0.6) is 5.75 Å². The number of hydrogen-bond acceptors (Lipinski definition) is 3. The third-order valence-electron chi connectivity index (χ3n) is 7.37. The van der Waals surface area contributed by atoms with Gasteiger partial charge >= 0.3 is 5.97 Å². The monoisotopic (exact) mass is 537 g/mol. The normalized spacial score (nSPS) is 11.8. The van der Waals surface area contributed by atoms with Crippen LogP contribution in [0.3, 0.4) is 0 Å². The molecule has 1 atom stereocenters. The molecule has 0 aliphatic rings. The predicted octanol–water partition coefficient (Wildman–Crippen LogP) is 8.58. The van der Waals surface area contributed by atoms with Crippen LogP contribution in [0.4, 0.5) is 0 Å². The first-order valence-corrected chi connectivity index (χ1v) is 14.8. The van der Waals surface area contributed by atoms with Gasteiger partial charge < -0.3 is 14.0 Å². The molecule has 0 bridgehead atoms. The Labute approximate surface area is 240 Å². The number of rotatable bonds is 15. The van der Waals surface area contributed by atoms with Crippen molar-refractivity contribution in [1.82, 2.24) is 4.57 Å². The van der Waals surface area contributed by atoms with E-state index in [1.54, 1.807) is 0 Å². The fourth-order valence-electron chi connectivity index (χ4n) is 5.06. The van der Waals surface area contributed by atoms with Crippen molar-refractivity contribution < 1.29 is 14.3 Å². The maximum Gasteiger partial charge on any atom is 0.347 e. The van der Waals surface area contributed by atoms with Crippen LogP contribution >= 0.6 is 0 Å². The van der Waals surface area contributed by atoms with Crippen LogP contribution in [-0.2, 0) is 28.9 Å². The summed E-state index contributed by atoms with van der Waals surface area (Å²) in [6.07, 6.45) is 7.49. The average Bonchev–Trinajstić information content (AvgIpc) is 3.34. The second-order valence-corrected chi connectivity index (χ2v) is 10.5. The number of ether oxygens (including phenoxy) is 2. The van der Waals surface area contributed by atoms with Crippen LogP contribution in [0.25, 0.3) is 11.3 Å². The molecular weight excluding hydrogens is 494 g/mol. The smallest absolute Gasteiger partial charge is 0.347 e. The Balaban J connectivity index is 1.42. The summed E-state index contributed by atoms with van der Waals surface area (Å²) in [5, 5.41) is 0. The van der Waals surface area contributed by atoms with E-state index in [-0.39, 0.29) is 5.97 Å². The quantitative estimate of drug-likeness (QED) is 0.113. The van der Waals surface area contributed by atoms with Gasteiger partial charge in [0, 0.05) is 24.4 Å². The summed E-state index contributed by atoms with van der Waals surface area (Å²) in [5.41, 5.74) is 7.25. The van der Waals surface area contributed by atoms with Crippen molar-refractivity contribution in [1.29, 1.82) is 0 Å². The van der Waals surface area contributed by atoms with Gasteiger partial charge in [0.15, 0.2) is 6.10 Å². The predicted molar refractivity (Wildman–Crippen MR) is 164 cm³/mol. The minimum Gasteiger partial charge on any atom is -0.478 e. The lowest BCUT2D eigenvalue weighted by Gasteiger charge is -2.18. The van der Waals surface area contributed by atoms with Gasteiger partial charge in [0.05, 0.1) is 6.61 Å². The summed E-state index contributed by atoms with van der Waals surface area (Å²) in [7, 11) is 0. The highest BCUT2D eigenvalue weighted by Crippen LogP contribution is 2.27. The Hall–Kier alpha value is -3.79. The standard InChI is InChI=1S/C36H43NO3/c1-4-6-7-8-10-13-29-17-19-31(20-18-29)27-37-28(3)16-25-34(37)32-21-23-33(24-22-32)40-35(36(38)39-5-2)26-30-14-11-9-12-15-30/h9,11-12,14-25,35H,4-8,10,13,26-27H2,1-3H3/t35-/m1/s1. The van der Waals surface area contributed by atoms with Gasteiger partial charge in [-0.1, -0.05) is 87.2 Å². The van der Waals surface area contributed by atoms with E-state index in [2.05, 4.69) is 66.9 Å². The average molecular weight is 538 g/mol. The van der Waals surface area contributed by atoms with Crippen LogP contribution in [0, 0.1) is 6.92 Å². The van der Waals surface area contributed by atoms with Crippen LogP contribution < -0.4 is 4.74 Å². The highest BCUT2D eigenvalue weighted by molar-refractivity contribution is 5.75. The molecule has 3 aromatic carbocycles. The Morgan fingerprint density at radius 1 is 0.750 bits per heavy atom. The highest BCUT2D eigenvalue weighted by Gasteiger charge is 2.22. The van der Waals surface area contributed by atoms with Gasteiger partial charge in [0.25, 0.3) is 0 Å². The van der Waals surface area contributed by atoms with E-state index in [1.807, 2.05) is 49.4 Å². The van der Waals surface area contributed by atoms with Crippen molar-refractivity contribution in [3.8, 4) is 17.0 Å².